The van der Waals surface area contributed by atoms with Crippen LogP contribution >= 0.6 is 0 Å². The van der Waals surface area contributed by atoms with Crippen molar-refractivity contribution in [3.63, 3.8) is 0 Å². The van der Waals surface area contributed by atoms with E-state index in [1.165, 1.54) is 12.4 Å². The van der Waals surface area contributed by atoms with Crippen molar-refractivity contribution in [3.05, 3.63) is 84.0 Å². The summed E-state index contributed by atoms with van der Waals surface area (Å²) in [6, 6.07) is 10.5. The number of hydrogen-bond acceptors (Lipinski definition) is 6. The largest absolute Gasteiger partial charge is 0.507 e. The highest BCUT2D eigenvalue weighted by molar-refractivity contribution is 6.37. The molecule has 0 atom stereocenters. The van der Waals surface area contributed by atoms with Gasteiger partial charge in [-0.1, -0.05) is 36.4 Å². The maximum atomic E-state index is 10.2. The fraction of sp³-hybridized carbons (Fsp3) is 0.0909. The maximum absolute atomic E-state index is 10.2. The average molecular weight is 404 g/mol. The summed E-state index contributed by atoms with van der Waals surface area (Å²) in [7, 11) is 0. The first-order valence-electron chi connectivity index (χ1n) is 9.07. The van der Waals surface area contributed by atoms with Crippen LogP contribution in [0.25, 0.3) is 0 Å². The molecule has 0 fully saturated rings. The number of nitrogens with one attached hydrogen (secondary N) is 4. The number of phenols is 2. The third kappa shape index (κ3) is 5.90. The van der Waals surface area contributed by atoms with E-state index in [0.29, 0.717) is 35.1 Å². The molecule has 8 heteroatoms. The van der Waals surface area contributed by atoms with Crippen molar-refractivity contribution in [2.75, 3.05) is 0 Å². The lowest BCUT2D eigenvalue weighted by atomic mass is 10.1. The second-order valence-corrected chi connectivity index (χ2v) is 6.19. The van der Waals surface area contributed by atoms with Crippen molar-refractivity contribution in [1.82, 2.24) is 10.9 Å². The molecule has 0 aliphatic carbocycles. The van der Waals surface area contributed by atoms with Gasteiger partial charge in [0.05, 0.1) is 12.4 Å². The van der Waals surface area contributed by atoms with E-state index < -0.39 is 0 Å². The van der Waals surface area contributed by atoms with E-state index in [9.17, 15) is 10.2 Å². The van der Waals surface area contributed by atoms with Crippen LogP contribution in [-0.4, -0.2) is 34.3 Å². The van der Waals surface area contributed by atoms with Crippen molar-refractivity contribution < 1.29 is 10.2 Å². The van der Waals surface area contributed by atoms with Gasteiger partial charge in [0.15, 0.2) is 11.7 Å². The lowest BCUT2D eigenvalue weighted by Gasteiger charge is -2.06. The molecule has 0 aliphatic heterocycles. The minimum atomic E-state index is -0.324. The molecule has 2 aromatic rings. The smallest absolute Gasteiger partial charge is 0.183 e. The molecule has 0 unspecified atom stereocenters. The van der Waals surface area contributed by atoms with Gasteiger partial charge in [-0.3, -0.25) is 21.7 Å². The molecule has 0 saturated heterocycles. The van der Waals surface area contributed by atoms with Crippen LogP contribution in [0, 0.1) is 10.8 Å². The number of nitrogens with zero attached hydrogens (tertiary/aromatic N) is 2. The Labute approximate surface area is 175 Å². The molecule has 0 amide bonds. The number of allylic oxidation sites excluding steroid dienone is 2. The summed E-state index contributed by atoms with van der Waals surface area (Å²) in [6.45, 7) is 7.30. The van der Waals surface area contributed by atoms with Gasteiger partial charge < -0.3 is 10.2 Å². The zero-order valence-electron chi connectivity index (χ0n) is 16.4. The first-order valence-corrected chi connectivity index (χ1v) is 9.07. The topological polar surface area (TPSA) is 137 Å². The Hall–Kier alpha value is -4.20. The molecule has 2 aromatic carbocycles. The number of hydrazone groups is 2. The minimum absolute atomic E-state index is 0.0887. The zero-order valence-corrected chi connectivity index (χ0v) is 16.4. The number of benzene rings is 2. The third-order valence-corrected chi connectivity index (χ3v) is 4.04. The molecule has 0 heterocycles. The van der Waals surface area contributed by atoms with Crippen LogP contribution in [0.5, 0.6) is 11.5 Å². The number of phenolic OH excluding ortho intramolecular Hbond substituents is 2. The van der Waals surface area contributed by atoms with E-state index in [4.69, 9.17) is 10.8 Å². The number of aromatic hydroxyl groups is 2. The molecule has 0 spiro atoms. The molecule has 0 radical (unpaired) electrons. The summed E-state index contributed by atoms with van der Waals surface area (Å²) in [6.07, 6.45) is 7.14. The lowest BCUT2D eigenvalue weighted by molar-refractivity contribution is 0.468. The van der Waals surface area contributed by atoms with E-state index in [1.54, 1.807) is 48.6 Å². The number of hydrogen-bond donors (Lipinski definition) is 6. The number of amidine groups is 2. The second kappa shape index (κ2) is 11.0. The van der Waals surface area contributed by atoms with Crippen LogP contribution in [-0.2, 0) is 12.8 Å². The Kier molecular flexibility index (Phi) is 8.07. The van der Waals surface area contributed by atoms with Crippen LogP contribution in [0.1, 0.15) is 22.3 Å². The summed E-state index contributed by atoms with van der Waals surface area (Å²) in [4.78, 5) is 0. The van der Waals surface area contributed by atoms with Gasteiger partial charge in [-0.15, -0.1) is 13.2 Å². The molecule has 0 aromatic heterocycles. The third-order valence-electron chi connectivity index (χ3n) is 4.04. The normalized spacial score (nSPS) is 10.8. The molecular weight excluding hydrogens is 380 g/mol. The monoisotopic (exact) mass is 404 g/mol. The minimum Gasteiger partial charge on any atom is -0.507 e. The number of rotatable bonds is 8. The van der Waals surface area contributed by atoms with Gasteiger partial charge in [0.1, 0.15) is 11.5 Å². The molecular formula is C22H24N6O2. The SMILES string of the molecule is C=CCc1cccc(/C=N\NC(=N)C(=N)N/N=C\c2cccc(CC=C)c2O)c1O. The standard InChI is InChI=1S/C22H24N6O2/c1-3-7-15-9-5-11-17(19(15)29)13-25-27-21(23)22(24)28-26-14-18-12-6-10-16(8-4-2)20(18)30/h3-6,9-14,29-30H,1-2,7-8H2,(H2,23,27)(H2,24,28)/b25-13-,26-14-. The van der Waals surface area contributed by atoms with E-state index in [1.807, 2.05) is 0 Å². The van der Waals surface area contributed by atoms with Gasteiger partial charge in [0, 0.05) is 11.1 Å². The van der Waals surface area contributed by atoms with E-state index in [0.717, 1.165) is 0 Å². The summed E-state index contributed by atoms with van der Waals surface area (Å²) < 4.78 is 0. The Morgan fingerprint density at radius 2 is 1.20 bits per heavy atom. The molecule has 0 saturated carbocycles. The summed E-state index contributed by atoms with van der Waals surface area (Å²) in [5.41, 5.74) is 7.17. The van der Waals surface area contributed by atoms with Crippen LogP contribution in [0.15, 0.2) is 71.9 Å². The van der Waals surface area contributed by atoms with Gasteiger partial charge in [0.2, 0.25) is 0 Å². The average Bonchev–Trinajstić information content (AvgIpc) is 2.73. The summed E-state index contributed by atoms with van der Waals surface area (Å²) >= 11 is 0. The fourth-order valence-corrected chi connectivity index (χ4v) is 2.52. The first-order chi connectivity index (χ1) is 14.5. The van der Waals surface area contributed by atoms with Crippen LogP contribution in [0.3, 0.4) is 0 Å². The Balaban J connectivity index is 1.94. The maximum Gasteiger partial charge on any atom is 0.183 e. The van der Waals surface area contributed by atoms with Crippen LogP contribution in [0.2, 0.25) is 0 Å². The Morgan fingerprint density at radius 1 is 0.800 bits per heavy atom. The fourth-order valence-electron chi connectivity index (χ4n) is 2.52. The van der Waals surface area contributed by atoms with Crippen molar-refractivity contribution in [2.24, 2.45) is 10.2 Å². The van der Waals surface area contributed by atoms with Crippen LogP contribution < -0.4 is 10.9 Å². The van der Waals surface area contributed by atoms with Crippen molar-refractivity contribution >= 4 is 24.1 Å². The second-order valence-electron chi connectivity index (χ2n) is 6.19. The van der Waals surface area contributed by atoms with Gasteiger partial charge in [-0.2, -0.15) is 10.2 Å². The number of para-hydroxylation sites is 2. The quantitative estimate of drug-likeness (QED) is 0.174. The Bertz CT molecular complexity index is 929. The summed E-state index contributed by atoms with van der Waals surface area (Å²) in [5.74, 6) is -0.471. The molecule has 154 valence electrons. The van der Waals surface area contributed by atoms with Crippen molar-refractivity contribution in [3.8, 4) is 11.5 Å². The van der Waals surface area contributed by atoms with Crippen molar-refractivity contribution in [2.45, 2.75) is 12.8 Å². The highest BCUT2D eigenvalue weighted by Crippen LogP contribution is 2.22. The highest BCUT2D eigenvalue weighted by atomic mass is 16.3. The van der Waals surface area contributed by atoms with E-state index in [-0.39, 0.29) is 23.2 Å². The van der Waals surface area contributed by atoms with Gasteiger partial charge in [-0.25, -0.2) is 0 Å². The van der Waals surface area contributed by atoms with Gasteiger partial charge in [-0.05, 0) is 36.1 Å². The van der Waals surface area contributed by atoms with Gasteiger partial charge in [0.25, 0.3) is 0 Å². The first kappa shape index (κ1) is 22.1. The van der Waals surface area contributed by atoms with Crippen LogP contribution in [0.4, 0.5) is 0 Å². The molecule has 30 heavy (non-hydrogen) atoms. The van der Waals surface area contributed by atoms with E-state index in [2.05, 4.69) is 34.2 Å². The van der Waals surface area contributed by atoms with Gasteiger partial charge >= 0.3 is 0 Å². The molecule has 2 rings (SSSR count). The summed E-state index contributed by atoms with van der Waals surface area (Å²) in [5, 5.41) is 43.7. The Morgan fingerprint density at radius 3 is 1.57 bits per heavy atom. The molecule has 8 nitrogen and oxygen atoms in total. The predicted molar refractivity (Wildman–Crippen MR) is 121 cm³/mol. The highest BCUT2D eigenvalue weighted by Gasteiger charge is 2.06. The predicted octanol–water partition coefficient (Wildman–Crippen LogP) is 3.06. The molecule has 0 bridgehead atoms. The zero-order chi connectivity index (χ0) is 21.9. The lowest BCUT2D eigenvalue weighted by Crippen LogP contribution is -2.34. The van der Waals surface area contributed by atoms with Crippen molar-refractivity contribution in [1.29, 1.82) is 10.8 Å². The molecule has 6 N–H and O–H groups in total. The molecule has 0 aliphatic rings. The van der Waals surface area contributed by atoms with E-state index >= 15 is 0 Å².